The van der Waals surface area contributed by atoms with Crippen molar-refractivity contribution in [3.8, 4) is 0 Å². The molecule has 1 unspecified atom stereocenters. The molecule has 1 heterocycles. The molecule has 2 N–H and O–H groups in total. The first-order chi connectivity index (χ1) is 13.6. The van der Waals surface area contributed by atoms with Crippen molar-refractivity contribution in [1.29, 1.82) is 0 Å². The van der Waals surface area contributed by atoms with E-state index in [-0.39, 0.29) is 11.4 Å². The zero-order chi connectivity index (χ0) is 21.3. The van der Waals surface area contributed by atoms with Crippen LogP contribution in [0.25, 0.3) is 0 Å². The fraction of sp³-hybridized carbons (Fsp3) is 0.167. The number of nitro groups is 1. The number of halogens is 2. The molecule has 29 heavy (non-hydrogen) atoms. The third-order valence-corrected chi connectivity index (χ3v) is 4.93. The number of benzene rings is 2. The number of imide groups is 1. The van der Waals surface area contributed by atoms with Crippen molar-refractivity contribution in [2.24, 2.45) is 0 Å². The predicted molar refractivity (Wildman–Crippen MR) is 103 cm³/mol. The van der Waals surface area contributed by atoms with Gasteiger partial charge in [-0.2, -0.15) is 0 Å². The van der Waals surface area contributed by atoms with Gasteiger partial charge in [0.25, 0.3) is 11.6 Å². The van der Waals surface area contributed by atoms with Gasteiger partial charge in [0.2, 0.25) is 5.91 Å². The Morgan fingerprint density at radius 3 is 2.52 bits per heavy atom. The normalized spacial score (nSPS) is 18.5. The van der Waals surface area contributed by atoms with E-state index in [1.807, 2.05) is 0 Å². The van der Waals surface area contributed by atoms with Gasteiger partial charge in [0.15, 0.2) is 0 Å². The lowest BCUT2D eigenvalue weighted by Gasteiger charge is -2.22. The molecule has 0 spiro atoms. The standard InChI is InChI=1S/C18H14BrFN4O5/c1-18(10-2-5-12(6-3-10)24(28)29)16(26)23(17(27)22-18)9-15(25)21-14-7-4-11(19)8-13(14)20/h2-8H,9H2,1H3,(H,21,25)(H,22,27). The van der Waals surface area contributed by atoms with Crippen molar-refractivity contribution in [1.82, 2.24) is 10.2 Å². The number of rotatable bonds is 5. The number of non-ortho nitro benzene ring substituents is 1. The van der Waals surface area contributed by atoms with Crippen LogP contribution in [-0.4, -0.2) is 34.2 Å². The first-order valence-corrected chi connectivity index (χ1v) is 9.05. The highest BCUT2D eigenvalue weighted by atomic mass is 79.9. The van der Waals surface area contributed by atoms with Crippen LogP contribution in [0.3, 0.4) is 0 Å². The van der Waals surface area contributed by atoms with Crippen LogP contribution < -0.4 is 10.6 Å². The van der Waals surface area contributed by atoms with Crippen molar-refractivity contribution in [2.75, 3.05) is 11.9 Å². The van der Waals surface area contributed by atoms with E-state index in [4.69, 9.17) is 0 Å². The van der Waals surface area contributed by atoms with Gasteiger partial charge in [0.05, 0.1) is 10.6 Å². The number of hydrogen-bond donors (Lipinski definition) is 2. The van der Waals surface area contributed by atoms with Crippen LogP contribution in [0.15, 0.2) is 46.9 Å². The molecule has 9 nitrogen and oxygen atoms in total. The molecule has 11 heteroatoms. The van der Waals surface area contributed by atoms with Crippen LogP contribution >= 0.6 is 15.9 Å². The summed E-state index contributed by atoms with van der Waals surface area (Å²) in [6.07, 6.45) is 0. The average molecular weight is 465 g/mol. The molecule has 1 atom stereocenters. The second kappa shape index (κ2) is 7.59. The number of nitrogens with one attached hydrogen (secondary N) is 2. The van der Waals surface area contributed by atoms with Gasteiger partial charge >= 0.3 is 6.03 Å². The first kappa shape index (κ1) is 20.4. The van der Waals surface area contributed by atoms with E-state index in [1.54, 1.807) is 0 Å². The van der Waals surface area contributed by atoms with E-state index in [0.29, 0.717) is 14.9 Å². The summed E-state index contributed by atoms with van der Waals surface area (Å²) >= 11 is 3.10. The lowest BCUT2D eigenvalue weighted by molar-refractivity contribution is -0.384. The van der Waals surface area contributed by atoms with Gasteiger partial charge in [0, 0.05) is 16.6 Å². The Morgan fingerprint density at radius 2 is 1.93 bits per heavy atom. The fourth-order valence-electron chi connectivity index (χ4n) is 2.88. The smallest absolute Gasteiger partial charge is 0.322 e. The van der Waals surface area contributed by atoms with E-state index in [0.717, 1.165) is 6.07 Å². The van der Waals surface area contributed by atoms with Crippen LogP contribution in [-0.2, 0) is 15.1 Å². The van der Waals surface area contributed by atoms with Crippen LogP contribution in [0.5, 0.6) is 0 Å². The third kappa shape index (κ3) is 3.94. The molecule has 0 radical (unpaired) electrons. The van der Waals surface area contributed by atoms with Crippen molar-refractivity contribution >= 4 is 45.2 Å². The molecule has 0 bridgehead atoms. The van der Waals surface area contributed by atoms with Gasteiger partial charge in [-0.25, -0.2) is 9.18 Å². The number of hydrogen-bond acceptors (Lipinski definition) is 5. The number of anilines is 1. The molecule has 2 aromatic carbocycles. The van der Waals surface area contributed by atoms with Crippen LogP contribution in [0.2, 0.25) is 0 Å². The van der Waals surface area contributed by atoms with Gasteiger partial charge in [-0.05, 0) is 42.8 Å². The van der Waals surface area contributed by atoms with E-state index in [9.17, 15) is 28.9 Å². The molecule has 1 saturated heterocycles. The Bertz CT molecular complexity index is 1030. The van der Waals surface area contributed by atoms with Crippen LogP contribution in [0.1, 0.15) is 12.5 Å². The number of nitro benzene ring substituents is 1. The Balaban J connectivity index is 1.75. The second-order valence-electron chi connectivity index (χ2n) is 6.42. The number of nitrogens with zero attached hydrogens (tertiary/aromatic N) is 2. The minimum Gasteiger partial charge on any atom is -0.322 e. The third-order valence-electron chi connectivity index (χ3n) is 4.44. The average Bonchev–Trinajstić information content (AvgIpc) is 2.88. The zero-order valence-corrected chi connectivity index (χ0v) is 16.5. The number of urea groups is 1. The highest BCUT2D eigenvalue weighted by Gasteiger charge is 2.49. The maximum atomic E-state index is 13.9. The lowest BCUT2D eigenvalue weighted by atomic mass is 9.92. The lowest BCUT2D eigenvalue weighted by Crippen LogP contribution is -2.42. The topological polar surface area (TPSA) is 122 Å². The van der Waals surface area contributed by atoms with Crippen molar-refractivity contribution in [3.63, 3.8) is 0 Å². The summed E-state index contributed by atoms with van der Waals surface area (Å²) < 4.78 is 14.3. The zero-order valence-electron chi connectivity index (χ0n) is 14.9. The highest BCUT2D eigenvalue weighted by Crippen LogP contribution is 2.30. The minimum atomic E-state index is -1.49. The Kier molecular flexibility index (Phi) is 5.33. The summed E-state index contributed by atoms with van der Waals surface area (Å²) in [5.74, 6) is -2.15. The Morgan fingerprint density at radius 1 is 1.28 bits per heavy atom. The van der Waals surface area contributed by atoms with E-state index >= 15 is 0 Å². The Hall–Kier alpha value is -3.34. The molecule has 0 aromatic heterocycles. The van der Waals surface area contributed by atoms with Gasteiger partial charge in [-0.15, -0.1) is 0 Å². The molecule has 1 fully saturated rings. The Labute approximate surface area is 172 Å². The fourth-order valence-corrected chi connectivity index (χ4v) is 3.21. The maximum Gasteiger partial charge on any atom is 0.325 e. The summed E-state index contributed by atoms with van der Waals surface area (Å²) in [6, 6.07) is 8.37. The number of amides is 4. The summed E-state index contributed by atoms with van der Waals surface area (Å²) in [5, 5.41) is 15.6. The first-order valence-electron chi connectivity index (χ1n) is 8.26. The maximum absolute atomic E-state index is 13.9. The molecular weight excluding hydrogens is 451 g/mol. The summed E-state index contributed by atoms with van der Waals surface area (Å²) in [6.45, 7) is 0.809. The number of carbonyl (C=O) groups excluding carboxylic acids is 3. The van der Waals surface area contributed by atoms with Crippen molar-refractivity contribution < 1.29 is 23.7 Å². The SMILES string of the molecule is CC1(c2ccc([N+](=O)[O-])cc2)NC(=O)N(CC(=O)Nc2ccc(Br)cc2F)C1=O. The number of carbonyl (C=O) groups is 3. The monoisotopic (exact) mass is 464 g/mol. The largest absolute Gasteiger partial charge is 0.325 e. The molecule has 150 valence electrons. The van der Waals surface area contributed by atoms with Gasteiger partial charge in [-0.3, -0.25) is 24.6 Å². The highest BCUT2D eigenvalue weighted by molar-refractivity contribution is 9.10. The molecule has 1 aliphatic rings. The molecule has 1 aliphatic heterocycles. The molecular formula is C18H14BrFN4O5. The van der Waals surface area contributed by atoms with E-state index < -0.39 is 40.7 Å². The predicted octanol–water partition coefficient (Wildman–Crippen LogP) is 2.90. The molecule has 3 rings (SSSR count). The summed E-state index contributed by atoms with van der Waals surface area (Å²) in [5.41, 5.74) is -1.43. The summed E-state index contributed by atoms with van der Waals surface area (Å²) in [7, 11) is 0. The van der Waals surface area contributed by atoms with E-state index in [2.05, 4.69) is 26.6 Å². The van der Waals surface area contributed by atoms with Crippen LogP contribution in [0, 0.1) is 15.9 Å². The van der Waals surface area contributed by atoms with Crippen molar-refractivity contribution in [2.45, 2.75) is 12.5 Å². The quantitative estimate of drug-likeness (QED) is 0.400. The van der Waals surface area contributed by atoms with Gasteiger partial charge < -0.3 is 10.6 Å². The van der Waals surface area contributed by atoms with Gasteiger partial charge in [0.1, 0.15) is 17.9 Å². The summed E-state index contributed by atoms with van der Waals surface area (Å²) in [4.78, 5) is 48.2. The van der Waals surface area contributed by atoms with Crippen LogP contribution in [0.4, 0.5) is 20.6 Å². The molecule has 0 aliphatic carbocycles. The second-order valence-corrected chi connectivity index (χ2v) is 7.34. The molecule has 4 amide bonds. The van der Waals surface area contributed by atoms with E-state index in [1.165, 1.54) is 43.3 Å². The van der Waals surface area contributed by atoms with Gasteiger partial charge in [-0.1, -0.05) is 15.9 Å². The molecule has 2 aromatic rings. The molecule has 0 saturated carbocycles. The van der Waals surface area contributed by atoms with Crippen molar-refractivity contribution in [3.05, 3.63) is 68.4 Å². The minimum absolute atomic E-state index is 0.0941.